The molecular formula is C9H17NOS. The molecule has 0 aromatic rings. The lowest BCUT2D eigenvalue weighted by atomic mass is 9.89. The monoisotopic (exact) mass is 187 g/mol. The van der Waals surface area contributed by atoms with Crippen molar-refractivity contribution >= 4 is 11.8 Å². The van der Waals surface area contributed by atoms with Gasteiger partial charge in [0.15, 0.2) is 0 Å². The highest BCUT2D eigenvalue weighted by molar-refractivity contribution is 8.00. The number of thioether (sulfide) groups is 1. The van der Waals surface area contributed by atoms with Crippen LogP contribution in [0.15, 0.2) is 0 Å². The molecule has 1 aliphatic heterocycles. The lowest BCUT2D eigenvalue weighted by molar-refractivity contribution is -0.0115. The molecule has 2 rings (SSSR count). The minimum absolute atomic E-state index is 0.556. The molecule has 0 bridgehead atoms. The molecule has 0 amide bonds. The summed E-state index contributed by atoms with van der Waals surface area (Å²) in [7, 11) is 0. The third-order valence-electron chi connectivity index (χ3n) is 2.61. The third kappa shape index (κ3) is 1.95. The first-order chi connectivity index (χ1) is 5.88. The van der Waals surface area contributed by atoms with Crippen LogP contribution >= 0.6 is 11.8 Å². The van der Waals surface area contributed by atoms with Crippen molar-refractivity contribution in [3.05, 3.63) is 0 Å². The van der Waals surface area contributed by atoms with E-state index in [1.54, 1.807) is 0 Å². The summed E-state index contributed by atoms with van der Waals surface area (Å²) in [4.78, 5) is 0. The average molecular weight is 187 g/mol. The Balaban J connectivity index is 1.55. The van der Waals surface area contributed by atoms with E-state index in [4.69, 9.17) is 4.74 Å². The molecule has 0 aromatic carbocycles. The van der Waals surface area contributed by atoms with Crippen molar-refractivity contribution in [2.75, 3.05) is 18.1 Å². The minimum Gasteiger partial charge on any atom is -0.378 e. The van der Waals surface area contributed by atoms with Crippen molar-refractivity contribution in [1.82, 2.24) is 5.32 Å². The van der Waals surface area contributed by atoms with Gasteiger partial charge in [0.25, 0.3) is 0 Å². The third-order valence-corrected chi connectivity index (χ3v) is 3.88. The second kappa shape index (κ2) is 3.99. The number of hydrogen-bond acceptors (Lipinski definition) is 3. The van der Waals surface area contributed by atoms with Crippen LogP contribution < -0.4 is 5.32 Å². The minimum atomic E-state index is 0.556. The van der Waals surface area contributed by atoms with Crippen LogP contribution in [0.4, 0.5) is 0 Å². The highest BCUT2D eigenvalue weighted by Gasteiger charge is 2.32. The molecule has 2 fully saturated rings. The number of ether oxygens (including phenoxy) is 1. The van der Waals surface area contributed by atoms with Crippen LogP contribution in [0.5, 0.6) is 0 Å². The summed E-state index contributed by atoms with van der Waals surface area (Å²) < 4.78 is 5.50. The fourth-order valence-corrected chi connectivity index (χ4v) is 2.40. The zero-order valence-electron chi connectivity index (χ0n) is 7.58. The van der Waals surface area contributed by atoms with E-state index < -0.39 is 0 Å². The Labute approximate surface area is 78.4 Å². The maximum atomic E-state index is 5.50. The fraction of sp³-hybridized carbons (Fsp3) is 1.00. The van der Waals surface area contributed by atoms with E-state index in [9.17, 15) is 0 Å². The Bertz CT molecular complexity index is 143. The van der Waals surface area contributed by atoms with E-state index in [0.717, 1.165) is 18.7 Å². The van der Waals surface area contributed by atoms with Gasteiger partial charge in [-0.05, 0) is 19.8 Å². The summed E-state index contributed by atoms with van der Waals surface area (Å²) >= 11 is 2.04. The maximum absolute atomic E-state index is 5.50. The number of hydrogen-bond donors (Lipinski definition) is 1. The van der Waals surface area contributed by atoms with Gasteiger partial charge >= 0.3 is 0 Å². The van der Waals surface area contributed by atoms with E-state index in [1.165, 1.54) is 24.3 Å². The summed E-state index contributed by atoms with van der Waals surface area (Å²) in [5.41, 5.74) is 0. The van der Waals surface area contributed by atoms with Gasteiger partial charge < -0.3 is 10.1 Å². The number of rotatable bonds is 4. The highest BCUT2D eigenvalue weighted by Crippen LogP contribution is 2.26. The molecule has 2 aliphatic rings. The Morgan fingerprint density at radius 2 is 2.08 bits per heavy atom. The van der Waals surface area contributed by atoms with E-state index in [1.807, 2.05) is 11.8 Å². The van der Waals surface area contributed by atoms with Gasteiger partial charge in [-0.1, -0.05) is 0 Å². The van der Waals surface area contributed by atoms with Crippen LogP contribution in [0.3, 0.4) is 0 Å². The molecule has 0 radical (unpaired) electrons. The Morgan fingerprint density at radius 3 is 2.58 bits per heavy atom. The molecule has 1 N–H and O–H groups in total. The van der Waals surface area contributed by atoms with Gasteiger partial charge in [0, 0.05) is 30.2 Å². The Kier molecular flexibility index (Phi) is 2.94. The van der Waals surface area contributed by atoms with Gasteiger partial charge in [0.1, 0.15) is 0 Å². The molecule has 3 heteroatoms. The van der Waals surface area contributed by atoms with Crippen molar-refractivity contribution in [1.29, 1.82) is 0 Å². The molecule has 12 heavy (non-hydrogen) atoms. The second-order valence-corrected chi connectivity index (χ2v) is 4.72. The van der Waals surface area contributed by atoms with E-state index in [0.29, 0.717) is 6.10 Å². The summed E-state index contributed by atoms with van der Waals surface area (Å²) in [6, 6.07) is 1.56. The maximum Gasteiger partial charge on any atom is 0.0604 e. The molecule has 0 spiro atoms. The van der Waals surface area contributed by atoms with Crippen LogP contribution in [-0.4, -0.2) is 36.3 Å². The largest absolute Gasteiger partial charge is 0.378 e. The van der Waals surface area contributed by atoms with Crippen LogP contribution in [0.25, 0.3) is 0 Å². The second-order valence-electron chi connectivity index (χ2n) is 3.65. The summed E-state index contributed by atoms with van der Waals surface area (Å²) in [6.07, 6.45) is 3.02. The number of nitrogens with one attached hydrogen (secondary N) is 1. The summed E-state index contributed by atoms with van der Waals surface area (Å²) in [6.45, 7) is 2.94. The normalized spacial score (nSPS) is 35.8. The molecule has 1 saturated carbocycles. The van der Waals surface area contributed by atoms with Gasteiger partial charge in [0.05, 0.1) is 6.10 Å². The zero-order chi connectivity index (χ0) is 8.39. The van der Waals surface area contributed by atoms with Crippen molar-refractivity contribution in [2.24, 2.45) is 0 Å². The van der Waals surface area contributed by atoms with Crippen LogP contribution in [0, 0.1) is 0 Å². The quantitative estimate of drug-likeness (QED) is 0.716. The highest BCUT2D eigenvalue weighted by atomic mass is 32.2. The van der Waals surface area contributed by atoms with E-state index >= 15 is 0 Å². The lowest BCUT2D eigenvalue weighted by Gasteiger charge is -2.40. The first kappa shape index (κ1) is 8.85. The topological polar surface area (TPSA) is 21.3 Å². The zero-order valence-corrected chi connectivity index (χ0v) is 8.40. The summed E-state index contributed by atoms with van der Waals surface area (Å²) in [5.74, 6) is 2.63. The SMILES string of the molecule is CCOC1CC(NC2CSC2)C1. The molecule has 0 aromatic heterocycles. The van der Waals surface area contributed by atoms with Gasteiger partial charge in [-0.3, -0.25) is 0 Å². The molecular weight excluding hydrogens is 170 g/mol. The Hall–Kier alpha value is 0.270. The van der Waals surface area contributed by atoms with Crippen LogP contribution in [0.2, 0.25) is 0 Å². The van der Waals surface area contributed by atoms with Crippen molar-refractivity contribution < 1.29 is 4.74 Å². The van der Waals surface area contributed by atoms with Gasteiger partial charge in [-0.15, -0.1) is 0 Å². The molecule has 0 unspecified atom stereocenters. The molecule has 0 atom stereocenters. The van der Waals surface area contributed by atoms with Crippen molar-refractivity contribution in [2.45, 2.75) is 38.0 Å². The Morgan fingerprint density at radius 1 is 1.33 bits per heavy atom. The predicted octanol–water partition coefficient (Wildman–Crippen LogP) is 1.26. The van der Waals surface area contributed by atoms with E-state index in [-0.39, 0.29) is 0 Å². The molecule has 1 saturated heterocycles. The predicted molar refractivity (Wildman–Crippen MR) is 52.7 cm³/mol. The first-order valence-corrected chi connectivity index (χ1v) is 5.99. The molecule has 1 heterocycles. The van der Waals surface area contributed by atoms with Gasteiger partial charge in [-0.2, -0.15) is 11.8 Å². The fourth-order valence-electron chi connectivity index (χ4n) is 1.74. The van der Waals surface area contributed by atoms with Crippen molar-refractivity contribution in [3.63, 3.8) is 0 Å². The van der Waals surface area contributed by atoms with Crippen molar-refractivity contribution in [3.8, 4) is 0 Å². The summed E-state index contributed by atoms with van der Waals surface area (Å²) in [5, 5.41) is 3.64. The lowest BCUT2D eigenvalue weighted by Crippen LogP contribution is -2.53. The average Bonchev–Trinajstić information content (AvgIpc) is 1.89. The van der Waals surface area contributed by atoms with Gasteiger partial charge in [0.2, 0.25) is 0 Å². The molecule has 70 valence electrons. The standard InChI is InChI=1S/C9H17NOS/c1-2-11-9-3-7(4-9)10-8-5-12-6-8/h7-10H,2-6H2,1H3. The molecule has 1 aliphatic carbocycles. The first-order valence-electron chi connectivity index (χ1n) is 4.84. The van der Waals surface area contributed by atoms with E-state index in [2.05, 4.69) is 12.2 Å². The smallest absolute Gasteiger partial charge is 0.0604 e. The van der Waals surface area contributed by atoms with Gasteiger partial charge in [-0.25, -0.2) is 0 Å². The van der Waals surface area contributed by atoms with Crippen LogP contribution in [0.1, 0.15) is 19.8 Å². The van der Waals surface area contributed by atoms with Crippen LogP contribution in [-0.2, 0) is 4.74 Å². The molecule has 2 nitrogen and oxygen atoms in total.